The molecular weight excluding hydrogens is 578 g/mol. The van der Waals surface area contributed by atoms with E-state index < -0.39 is 5.44 Å². The van der Waals surface area contributed by atoms with Crippen molar-refractivity contribution in [3.63, 3.8) is 0 Å². The number of nitriles is 1. The summed E-state index contributed by atoms with van der Waals surface area (Å²) >= 11 is 0. The molecule has 234 valence electrons. The lowest BCUT2D eigenvalue weighted by atomic mass is 9.69. The van der Waals surface area contributed by atoms with Crippen molar-refractivity contribution in [2.24, 2.45) is 5.41 Å². The number of nitrogens with zero attached hydrogens (tertiary/aromatic N) is 3. The number of hydrogen-bond acceptors (Lipinski definition) is 8. The van der Waals surface area contributed by atoms with Crippen molar-refractivity contribution in [2.75, 3.05) is 22.5 Å². The summed E-state index contributed by atoms with van der Waals surface area (Å²) in [5, 5.41) is 23.1. The highest BCUT2D eigenvalue weighted by atomic mass is 19.1. The minimum atomic E-state index is -0.802. The van der Waals surface area contributed by atoms with Gasteiger partial charge in [0.1, 0.15) is 19.7 Å². The van der Waals surface area contributed by atoms with E-state index in [0.29, 0.717) is 29.5 Å². The van der Waals surface area contributed by atoms with Gasteiger partial charge in [0.05, 0.1) is 27.9 Å². The number of anilines is 3. The summed E-state index contributed by atoms with van der Waals surface area (Å²) in [6.07, 6.45) is 5.92. The van der Waals surface area contributed by atoms with Crippen molar-refractivity contribution in [1.82, 2.24) is 21.0 Å². The van der Waals surface area contributed by atoms with Crippen molar-refractivity contribution in [1.29, 1.82) is 5.26 Å². The molecule has 1 unspecified atom stereocenters. The number of aromatic nitrogens is 1. The number of carbonyl (C=O) groups excluding carboxylic acids is 1. The van der Waals surface area contributed by atoms with Crippen LogP contribution in [0.3, 0.4) is 0 Å². The van der Waals surface area contributed by atoms with Crippen molar-refractivity contribution >= 4 is 41.7 Å². The van der Waals surface area contributed by atoms with Crippen LogP contribution in [0.4, 0.5) is 21.5 Å². The van der Waals surface area contributed by atoms with Gasteiger partial charge in [-0.25, -0.2) is 4.39 Å². The predicted octanol–water partition coefficient (Wildman–Crippen LogP) is 5.56. The Morgan fingerprint density at radius 2 is 1.83 bits per heavy atom. The zero-order valence-electron chi connectivity index (χ0n) is 26.8. The molecular formula is C35H38BFN8O. The highest BCUT2D eigenvalue weighted by Gasteiger charge is 2.38. The zero-order chi connectivity index (χ0) is 32.6. The Morgan fingerprint density at radius 1 is 1.11 bits per heavy atom. The van der Waals surface area contributed by atoms with E-state index in [4.69, 9.17) is 4.98 Å². The molecule has 0 spiro atoms. The molecule has 1 amide bonds. The number of fused-ring (bicyclic) bond motifs is 1. The van der Waals surface area contributed by atoms with E-state index in [2.05, 4.69) is 72.8 Å². The largest absolute Gasteiger partial charge is 0.383 e. The average molecular weight is 617 g/mol. The van der Waals surface area contributed by atoms with Gasteiger partial charge in [0.25, 0.3) is 0 Å². The van der Waals surface area contributed by atoms with Crippen LogP contribution in [0.5, 0.6) is 0 Å². The van der Waals surface area contributed by atoms with E-state index in [0.717, 1.165) is 51.8 Å². The Morgan fingerprint density at radius 3 is 2.46 bits per heavy atom. The quantitative estimate of drug-likeness (QED) is 0.155. The molecule has 9 nitrogen and oxygen atoms in total. The molecule has 1 saturated carbocycles. The van der Waals surface area contributed by atoms with Crippen LogP contribution in [0.15, 0.2) is 78.8 Å². The number of amides is 1. The van der Waals surface area contributed by atoms with Gasteiger partial charge in [-0.05, 0) is 65.8 Å². The molecule has 1 atom stereocenters. The van der Waals surface area contributed by atoms with E-state index in [1.165, 1.54) is 19.1 Å². The minimum Gasteiger partial charge on any atom is -0.383 e. The lowest BCUT2D eigenvalue weighted by Gasteiger charge is -2.34. The van der Waals surface area contributed by atoms with Crippen LogP contribution in [0.25, 0.3) is 22.0 Å². The summed E-state index contributed by atoms with van der Waals surface area (Å²) in [6, 6.07) is 21.0. The fourth-order valence-corrected chi connectivity index (χ4v) is 5.66. The van der Waals surface area contributed by atoms with Crippen molar-refractivity contribution in [3.05, 3.63) is 95.7 Å². The summed E-state index contributed by atoms with van der Waals surface area (Å²) in [5.74, 6) is -0.452. The third-order valence-corrected chi connectivity index (χ3v) is 8.29. The van der Waals surface area contributed by atoms with Gasteiger partial charge in [0.2, 0.25) is 5.91 Å². The molecule has 0 radical (unpaired) electrons. The van der Waals surface area contributed by atoms with Crippen LogP contribution in [0.2, 0.25) is 0 Å². The third-order valence-electron chi connectivity index (χ3n) is 8.29. The molecule has 0 saturated heterocycles. The lowest BCUT2D eigenvalue weighted by Crippen LogP contribution is -2.45. The molecule has 1 aliphatic heterocycles. The Hall–Kier alpha value is -5.08. The van der Waals surface area contributed by atoms with Crippen molar-refractivity contribution < 1.29 is 9.18 Å². The minimum absolute atomic E-state index is 0.0389. The molecule has 1 aromatic heterocycles. The summed E-state index contributed by atoms with van der Waals surface area (Å²) < 4.78 is 14.1. The Labute approximate surface area is 269 Å². The molecule has 0 bridgehead atoms. The molecule has 4 aromatic rings. The van der Waals surface area contributed by atoms with Crippen molar-refractivity contribution in [2.45, 2.75) is 52.0 Å². The average Bonchev–Trinajstić information content (AvgIpc) is 3.74. The maximum absolute atomic E-state index is 14.1. The Kier molecular flexibility index (Phi) is 8.09. The summed E-state index contributed by atoms with van der Waals surface area (Å²) in [5.41, 5.74) is 12.6. The van der Waals surface area contributed by atoms with Gasteiger partial charge in [-0.15, -0.1) is 5.53 Å². The van der Waals surface area contributed by atoms with Gasteiger partial charge in [-0.1, -0.05) is 45.0 Å². The summed E-state index contributed by atoms with van der Waals surface area (Å²) in [7, 11) is 2.06. The molecule has 46 heavy (non-hydrogen) atoms. The van der Waals surface area contributed by atoms with E-state index in [1.807, 2.05) is 36.4 Å². The molecule has 2 aliphatic rings. The summed E-state index contributed by atoms with van der Waals surface area (Å²) in [6.45, 7) is 8.54. The number of hydrazine groups is 2. The predicted molar refractivity (Wildman–Crippen MR) is 184 cm³/mol. The molecule has 5 N–H and O–H groups in total. The summed E-state index contributed by atoms with van der Waals surface area (Å²) in [4.78, 5) is 16.4. The second-order valence-corrected chi connectivity index (χ2v) is 13.4. The zero-order valence-corrected chi connectivity index (χ0v) is 26.8. The Balaban J connectivity index is 1.52. The maximum Gasteiger partial charge on any atom is 0.221 e. The third kappa shape index (κ3) is 6.48. The van der Waals surface area contributed by atoms with Crippen LogP contribution in [0.1, 0.15) is 51.7 Å². The van der Waals surface area contributed by atoms with Gasteiger partial charge < -0.3 is 21.4 Å². The number of hydrogen-bond donors (Lipinski definition) is 5. The smallest absolute Gasteiger partial charge is 0.221 e. The number of benzene rings is 3. The molecule has 11 heteroatoms. The van der Waals surface area contributed by atoms with Gasteiger partial charge in [0.15, 0.2) is 0 Å². The number of halogens is 1. The van der Waals surface area contributed by atoms with E-state index in [-0.39, 0.29) is 17.1 Å². The monoisotopic (exact) mass is 616 g/mol. The maximum atomic E-state index is 14.1. The number of pyridine rings is 1. The van der Waals surface area contributed by atoms with E-state index in [9.17, 15) is 14.4 Å². The fraction of sp³-hybridized carbons (Fsp3) is 0.286. The van der Waals surface area contributed by atoms with Crippen LogP contribution in [-0.4, -0.2) is 36.3 Å². The first kappa shape index (κ1) is 30.9. The number of carbonyl (C=O) groups is 1. The van der Waals surface area contributed by atoms with Crippen molar-refractivity contribution in [3.8, 4) is 17.2 Å². The Bertz CT molecular complexity index is 1860. The van der Waals surface area contributed by atoms with Crippen LogP contribution in [-0.2, 0) is 10.2 Å². The first-order valence-corrected chi connectivity index (χ1v) is 15.5. The molecule has 6 rings (SSSR count). The molecule has 1 fully saturated rings. The lowest BCUT2D eigenvalue weighted by molar-refractivity contribution is -0.114. The first-order valence-electron chi connectivity index (χ1n) is 15.5. The molecule has 3 aromatic carbocycles. The van der Waals surface area contributed by atoms with Crippen LogP contribution < -0.4 is 26.9 Å². The first-order chi connectivity index (χ1) is 21.9. The van der Waals surface area contributed by atoms with E-state index in [1.54, 1.807) is 18.3 Å². The second kappa shape index (κ2) is 12.0. The molecule has 1 aliphatic carbocycles. The highest BCUT2D eigenvalue weighted by molar-refractivity contribution is 6.20. The fourth-order valence-electron chi connectivity index (χ4n) is 5.66. The second-order valence-electron chi connectivity index (χ2n) is 13.4. The SMILES string of the molecule is BC(Nc1cc(-c2ccc(NC(C)=O)cc2)c2ncc(C#N)c(NCC(C)(C)C)c2c1)(C1=CN(C2CC2)NN1)c1ccc(F)cc1. The van der Waals surface area contributed by atoms with Gasteiger partial charge in [0, 0.05) is 54.2 Å². The topological polar surface area (TPSA) is 117 Å². The van der Waals surface area contributed by atoms with Gasteiger partial charge in [-0.3, -0.25) is 14.8 Å². The highest BCUT2D eigenvalue weighted by Crippen LogP contribution is 2.40. The number of rotatable bonds is 9. The van der Waals surface area contributed by atoms with Gasteiger partial charge in [-0.2, -0.15) is 5.26 Å². The van der Waals surface area contributed by atoms with Crippen LogP contribution in [0, 0.1) is 22.6 Å². The number of nitrogens with one attached hydrogen (secondary N) is 5. The van der Waals surface area contributed by atoms with Crippen LogP contribution >= 0.6 is 0 Å². The van der Waals surface area contributed by atoms with Gasteiger partial charge >= 0.3 is 0 Å². The normalized spacial score (nSPS) is 15.8. The molecule has 2 heterocycles. The van der Waals surface area contributed by atoms with E-state index >= 15 is 0 Å². The standard InChI is InChI=1S/C35H38BFN8O/c1-21(46)41-26-11-5-22(6-12-26)29-15-27(16-30-32(40-20-34(2,3)4)23(17-38)18-39-33(29)30)42-35(36,24-7-9-25(37)10-8-24)31-19-45(44-43-31)28-13-14-28/h5-12,15-16,18-19,28,42-44H,13-14,20,36H2,1-4H3,(H,39,40)(H,41,46).